The molecule has 0 fully saturated rings. The van der Waals surface area contributed by atoms with Crippen molar-refractivity contribution in [3.63, 3.8) is 0 Å². The summed E-state index contributed by atoms with van der Waals surface area (Å²) in [4.78, 5) is 27.4. The van der Waals surface area contributed by atoms with E-state index in [1.165, 1.54) is 11.9 Å². The van der Waals surface area contributed by atoms with Gasteiger partial charge in [0.1, 0.15) is 11.4 Å². The topological polar surface area (TPSA) is 125 Å². The van der Waals surface area contributed by atoms with E-state index in [0.717, 1.165) is 40.4 Å². The molecule has 0 aliphatic carbocycles. The van der Waals surface area contributed by atoms with Crippen LogP contribution in [-0.2, 0) is 27.4 Å². The van der Waals surface area contributed by atoms with Crippen LogP contribution in [0.5, 0.6) is 0 Å². The molecule has 1 N–H and O–H groups in total. The summed E-state index contributed by atoms with van der Waals surface area (Å²) in [5.41, 5.74) is -0.839. The van der Waals surface area contributed by atoms with Gasteiger partial charge >= 0.3 is 6.18 Å². The van der Waals surface area contributed by atoms with Crippen molar-refractivity contribution in [2.75, 3.05) is 40.3 Å². The minimum Gasteiger partial charge on any atom is -0.368 e. The number of nitrogens with one attached hydrogen (secondary N) is 1. The number of nitro benzene ring substituents is 1. The van der Waals surface area contributed by atoms with Gasteiger partial charge in [0.05, 0.1) is 16.4 Å². The molecule has 0 radical (unpaired) electrons. The van der Waals surface area contributed by atoms with Crippen LogP contribution in [0.1, 0.15) is 29.5 Å². The number of alkyl halides is 3. The first kappa shape index (κ1) is 29.0. The molecule has 14 heteroatoms. The number of carbonyl (C=O) groups is 1. The summed E-state index contributed by atoms with van der Waals surface area (Å²) in [6.07, 6.45) is -4.30. The Balaban J connectivity index is 1.51. The molecule has 1 aliphatic rings. The quantitative estimate of drug-likeness (QED) is 0.336. The second-order valence-corrected chi connectivity index (χ2v) is 10.8. The van der Waals surface area contributed by atoms with E-state index >= 15 is 0 Å². The zero-order valence-corrected chi connectivity index (χ0v) is 21.7. The molecule has 0 saturated heterocycles. The Morgan fingerprint density at radius 3 is 2.39 bits per heavy atom. The van der Waals surface area contributed by atoms with Gasteiger partial charge in [-0.15, -0.1) is 0 Å². The van der Waals surface area contributed by atoms with Crippen LogP contribution < -0.4 is 5.32 Å². The standard InChI is InChI=1S/C24H28F3N5O5S/c1-30(15-11-17-5-7-18(8-6-17)23-28-12-13-29-23)22(33)4-3-14-31(2)38(36,37)19-9-10-21(32(34)35)20(16-19)24(25,26)27/h5-10,16H,3-4,11-15H2,1-2H3,(H,28,29). The molecule has 1 heterocycles. The van der Waals surface area contributed by atoms with Gasteiger partial charge in [0.25, 0.3) is 5.69 Å². The summed E-state index contributed by atoms with van der Waals surface area (Å²) in [5.74, 6) is 0.664. The highest BCUT2D eigenvalue weighted by molar-refractivity contribution is 7.89. The van der Waals surface area contributed by atoms with Crippen LogP contribution in [0.2, 0.25) is 0 Å². The lowest BCUT2D eigenvalue weighted by atomic mass is 10.1. The van der Waals surface area contributed by atoms with Crippen molar-refractivity contribution in [2.24, 2.45) is 4.99 Å². The molecule has 2 aromatic rings. The van der Waals surface area contributed by atoms with Gasteiger partial charge in [-0.05, 0) is 30.5 Å². The fourth-order valence-corrected chi connectivity index (χ4v) is 5.08. The second kappa shape index (κ2) is 11.9. The lowest BCUT2D eigenvalue weighted by molar-refractivity contribution is -0.388. The Labute approximate surface area is 218 Å². The molecule has 0 aromatic heterocycles. The summed E-state index contributed by atoms with van der Waals surface area (Å²) in [5, 5.41) is 14.1. The van der Waals surface area contributed by atoms with Crippen LogP contribution in [0.25, 0.3) is 0 Å². The highest BCUT2D eigenvalue weighted by Gasteiger charge is 2.39. The monoisotopic (exact) mass is 555 g/mol. The summed E-state index contributed by atoms with van der Waals surface area (Å²) >= 11 is 0. The molecule has 0 unspecified atom stereocenters. The number of halogens is 3. The first-order valence-corrected chi connectivity index (χ1v) is 13.2. The molecule has 2 aromatic carbocycles. The molecule has 10 nitrogen and oxygen atoms in total. The third kappa shape index (κ3) is 7.07. The van der Waals surface area contributed by atoms with Crippen molar-refractivity contribution < 1.29 is 31.3 Å². The molecule has 0 spiro atoms. The maximum atomic E-state index is 13.2. The molecule has 1 aliphatic heterocycles. The summed E-state index contributed by atoms with van der Waals surface area (Å²) in [7, 11) is -1.55. The Kier molecular flexibility index (Phi) is 9.09. The Morgan fingerprint density at radius 1 is 1.13 bits per heavy atom. The number of nitrogens with zero attached hydrogens (tertiary/aromatic N) is 4. The average molecular weight is 556 g/mol. The van der Waals surface area contributed by atoms with E-state index in [-0.39, 0.29) is 31.4 Å². The van der Waals surface area contributed by atoms with E-state index in [9.17, 15) is 36.5 Å². The lowest BCUT2D eigenvalue weighted by Gasteiger charge is -2.20. The van der Waals surface area contributed by atoms with E-state index in [2.05, 4.69) is 10.3 Å². The molecule has 206 valence electrons. The maximum Gasteiger partial charge on any atom is 0.423 e. The molecule has 0 atom stereocenters. The number of benzene rings is 2. The van der Waals surface area contributed by atoms with Gasteiger partial charge in [-0.3, -0.25) is 19.9 Å². The zero-order chi connectivity index (χ0) is 28.1. The van der Waals surface area contributed by atoms with Gasteiger partial charge in [-0.1, -0.05) is 24.3 Å². The van der Waals surface area contributed by atoms with Gasteiger partial charge in [-0.2, -0.15) is 13.2 Å². The number of amidine groups is 1. The van der Waals surface area contributed by atoms with Crippen LogP contribution in [0.4, 0.5) is 18.9 Å². The fourth-order valence-electron chi connectivity index (χ4n) is 3.85. The predicted octanol–water partition coefficient (Wildman–Crippen LogP) is 3.07. The molecule has 0 bridgehead atoms. The maximum absolute atomic E-state index is 13.2. The highest BCUT2D eigenvalue weighted by Crippen LogP contribution is 2.37. The average Bonchev–Trinajstić information content (AvgIpc) is 3.41. The Morgan fingerprint density at radius 2 is 1.82 bits per heavy atom. The van der Waals surface area contributed by atoms with Gasteiger partial charge in [0.15, 0.2) is 0 Å². The number of aliphatic imine (C=N–C) groups is 1. The molecule has 1 amide bonds. The van der Waals surface area contributed by atoms with E-state index in [4.69, 9.17) is 0 Å². The minimum atomic E-state index is -5.10. The van der Waals surface area contributed by atoms with Crippen molar-refractivity contribution in [3.8, 4) is 0 Å². The van der Waals surface area contributed by atoms with E-state index in [1.54, 1.807) is 7.05 Å². The number of sulfonamides is 1. The third-order valence-corrected chi connectivity index (χ3v) is 7.96. The summed E-state index contributed by atoms with van der Waals surface area (Å²) in [6.45, 7) is 1.90. The largest absolute Gasteiger partial charge is 0.423 e. The summed E-state index contributed by atoms with van der Waals surface area (Å²) in [6, 6.07) is 9.42. The Hall–Kier alpha value is -3.52. The molecule has 38 heavy (non-hydrogen) atoms. The van der Waals surface area contributed by atoms with Crippen molar-refractivity contribution in [3.05, 3.63) is 69.3 Å². The first-order valence-electron chi connectivity index (χ1n) is 11.7. The molecule has 0 saturated carbocycles. The van der Waals surface area contributed by atoms with Gasteiger partial charge in [-0.25, -0.2) is 12.7 Å². The van der Waals surface area contributed by atoms with Crippen molar-refractivity contribution >= 4 is 27.5 Å². The number of hydrogen-bond donors (Lipinski definition) is 1. The van der Waals surface area contributed by atoms with Gasteiger partial charge in [0.2, 0.25) is 15.9 Å². The molecule has 3 rings (SSSR count). The van der Waals surface area contributed by atoms with Crippen molar-refractivity contribution in [1.29, 1.82) is 0 Å². The fraction of sp³-hybridized carbons (Fsp3) is 0.417. The van der Waals surface area contributed by atoms with Crippen molar-refractivity contribution in [2.45, 2.75) is 30.3 Å². The lowest BCUT2D eigenvalue weighted by Crippen LogP contribution is -2.31. The number of hydrogen-bond acceptors (Lipinski definition) is 7. The zero-order valence-electron chi connectivity index (χ0n) is 20.9. The normalized spacial score (nSPS) is 13.8. The van der Waals surface area contributed by atoms with E-state index in [1.807, 2.05) is 24.3 Å². The van der Waals surface area contributed by atoms with Gasteiger partial charge < -0.3 is 10.2 Å². The van der Waals surface area contributed by atoms with Crippen molar-refractivity contribution in [1.82, 2.24) is 14.5 Å². The van der Waals surface area contributed by atoms with Gasteiger partial charge in [0, 0.05) is 51.8 Å². The number of rotatable bonds is 11. The van der Waals surface area contributed by atoms with E-state index < -0.39 is 37.3 Å². The van der Waals surface area contributed by atoms with Crippen LogP contribution in [0.3, 0.4) is 0 Å². The minimum absolute atomic E-state index is 0.0366. The Bertz CT molecular complexity index is 1310. The number of nitro groups is 1. The second-order valence-electron chi connectivity index (χ2n) is 8.78. The number of likely N-dealkylation sites (N-methyl/N-ethyl adjacent to an activating group) is 1. The molecular weight excluding hydrogens is 527 g/mol. The highest BCUT2D eigenvalue weighted by atomic mass is 32.2. The SMILES string of the molecule is CN(CCc1ccc(C2=NCCN2)cc1)C(=O)CCCN(C)S(=O)(=O)c1ccc([N+](=O)[O-])c(C(F)(F)F)c1. The van der Waals surface area contributed by atoms with Crippen LogP contribution in [-0.4, -0.2) is 74.6 Å². The van der Waals surface area contributed by atoms with Crippen LogP contribution in [0, 0.1) is 10.1 Å². The van der Waals surface area contributed by atoms with Crippen LogP contribution >= 0.6 is 0 Å². The smallest absolute Gasteiger partial charge is 0.368 e. The summed E-state index contributed by atoms with van der Waals surface area (Å²) < 4.78 is 66.0. The van der Waals surface area contributed by atoms with E-state index in [0.29, 0.717) is 19.0 Å². The predicted molar refractivity (Wildman–Crippen MR) is 134 cm³/mol. The molecular formula is C24H28F3N5O5S. The third-order valence-electron chi connectivity index (χ3n) is 6.11. The number of amides is 1. The first-order chi connectivity index (χ1) is 17.8. The number of carbonyl (C=O) groups excluding carboxylic acids is 1. The van der Waals surface area contributed by atoms with Crippen LogP contribution in [0.15, 0.2) is 52.4 Å².